The van der Waals surface area contributed by atoms with Crippen molar-refractivity contribution in [2.45, 2.75) is 57.2 Å². The number of piperidine rings is 2. The Balaban J connectivity index is 1.89. The van der Waals surface area contributed by atoms with Gasteiger partial charge in [-0.3, -0.25) is 4.31 Å². The van der Waals surface area contributed by atoms with Gasteiger partial charge in [-0.05, 0) is 59.7 Å². The van der Waals surface area contributed by atoms with Crippen molar-refractivity contribution in [3.8, 4) is 0 Å². The quantitative estimate of drug-likeness (QED) is 0.660. The standard InChI is InChI=1S/C16H32N4O2S/c1-13(2)22-15(21)18-16(6-10-20(23)11-7-16)12-17-14-4-8-19(3)9-5-14/h13-14,17,23H,4-12H2,1-3H3,(H,18,21). The SMILES string of the molecule is CC(C)OC(=O)NC1(CNC2CCN(C)CC2)CCN(S)CC1. The van der Waals surface area contributed by atoms with Gasteiger partial charge in [0.1, 0.15) is 0 Å². The molecule has 2 fully saturated rings. The van der Waals surface area contributed by atoms with E-state index in [1.54, 1.807) is 0 Å². The zero-order valence-corrected chi connectivity index (χ0v) is 15.6. The van der Waals surface area contributed by atoms with Crippen molar-refractivity contribution in [3.05, 3.63) is 0 Å². The molecule has 134 valence electrons. The van der Waals surface area contributed by atoms with Crippen LogP contribution in [-0.4, -0.2) is 72.8 Å². The molecule has 2 aliphatic rings. The van der Waals surface area contributed by atoms with Crippen LogP contribution in [-0.2, 0) is 4.74 Å². The zero-order valence-electron chi connectivity index (χ0n) is 14.7. The number of nitrogens with zero attached hydrogens (tertiary/aromatic N) is 2. The molecule has 0 bridgehead atoms. The molecule has 2 rings (SSSR count). The van der Waals surface area contributed by atoms with Crippen molar-refractivity contribution >= 4 is 18.9 Å². The first-order chi connectivity index (χ1) is 10.9. The maximum Gasteiger partial charge on any atom is 0.407 e. The second-order valence-electron chi connectivity index (χ2n) is 7.27. The van der Waals surface area contributed by atoms with Crippen LogP contribution in [0.2, 0.25) is 0 Å². The average molecular weight is 345 g/mol. The van der Waals surface area contributed by atoms with Crippen molar-refractivity contribution in [3.63, 3.8) is 0 Å². The molecular formula is C16H32N4O2S. The van der Waals surface area contributed by atoms with Crippen LogP contribution in [0.25, 0.3) is 0 Å². The van der Waals surface area contributed by atoms with E-state index >= 15 is 0 Å². The summed E-state index contributed by atoms with van der Waals surface area (Å²) in [6.07, 6.45) is 3.72. The molecule has 7 heteroatoms. The Morgan fingerprint density at radius 1 is 1.26 bits per heavy atom. The Labute approximate surface area is 145 Å². The molecule has 1 amide bonds. The largest absolute Gasteiger partial charge is 0.447 e. The molecule has 2 saturated heterocycles. The Morgan fingerprint density at radius 2 is 1.87 bits per heavy atom. The van der Waals surface area contributed by atoms with Crippen LogP contribution in [0.1, 0.15) is 39.5 Å². The molecule has 0 spiro atoms. The van der Waals surface area contributed by atoms with Crippen molar-refractivity contribution in [1.29, 1.82) is 0 Å². The summed E-state index contributed by atoms with van der Waals surface area (Å²) < 4.78 is 7.31. The van der Waals surface area contributed by atoms with Crippen LogP contribution < -0.4 is 10.6 Å². The first-order valence-corrected chi connectivity index (χ1v) is 9.13. The summed E-state index contributed by atoms with van der Waals surface area (Å²) >= 11 is 4.43. The van der Waals surface area contributed by atoms with E-state index in [1.807, 2.05) is 18.2 Å². The average Bonchev–Trinajstić information content (AvgIpc) is 2.49. The molecule has 2 N–H and O–H groups in total. The summed E-state index contributed by atoms with van der Waals surface area (Å²) in [7, 11) is 2.17. The smallest absolute Gasteiger partial charge is 0.407 e. The van der Waals surface area contributed by atoms with Gasteiger partial charge in [-0.2, -0.15) is 0 Å². The maximum atomic E-state index is 12.1. The Bertz CT molecular complexity index is 378. The minimum Gasteiger partial charge on any atom is -0.447 e. The third-order valence-corrected chi connectivity index (χ3v) is 5.25. The fourth-order valence-corrected chi connectivity index (χ4v) is 3.48. The van der Waals surface area contributed by atoms with Crippen molar-refractivity contribution in [2.24, 2.45) is 0 Å². The number of hydrogen-bond donors (Lipinski definition) is 3. The predicted molar refractivity (Wildman–Crippen MR) is 95.8 cm³/mol. The number of likely N-dealkylation sites (tertiary alicyclic amines) is 1. The lowest BCUT2D eigenvalue weighted by atomic mass is 9.87. The number of nitrogens with one attached hydrogen (secondary N) is 2. The molecule has 2 aliphatic heterocycles. The van der Waals surface area contributed by atoms with E-state index in [0.717, 1.165) is 45.6 Å². The highest BCUT2D eigenvalue weighted by molar-refractivity contribution is 7.77. The second-order valence-corrected chi connectivity index (χ2v) is 7.84. The second kappa shape index (κ2) is 8.55. The van der Waals surface area contributed by atoms with E-state index in [9.17, 15) is 4.79 Å². The lowest BCUT2D eigenvalue weighted by molar-refractivity contribution is 0.0928. The van der Waals surface area contributed by atoms with Crippen molar-refractivity contribution in [2.75, 3.05) is 39.8 Å². The fourth-order valence-electron chi connectivity index (χ4n) is 3.28. The van der Waals surface area contributed by atoms with E-state index in [1.165, 1.54) is 12.8 Å². The fraction of sp³-hybridized carbons (Fsp3) is 0.938. The van der Waals surface area contributed by atoms with Crippen molar-refractivity contribution in [1.82, 2.24) is 19.8 Å². The third-order valence-electron chi connectivity index (χ3n) is 4.85. The molecule has 2 heterocycles. The van der Waals surface area contributed by atoms with Gasteiger partial charge in [-0.15, -0.1) is 0 Å². The van der Waals surface area contributed by atoms with E-state index < -0.39 is 0 Å². The molecule has 0 aromatic rings. The van der Waals surface area contributed by atoms with Crippen LogP contribution in [0, 0.1) is 0 Å². The number of alkyl carbamates (subject to hydrolysis) is 1. The summed E-state index contributed by atoms with van der Waals surface area (Å²) in [6.45, 7) is 8.57. The molecule has 0 aromatic carbocycles. The molecule has 0 saturated carbocycles. The Morgan fingerprint density at radius 3 is 2.43 bits per heavy atom. The van der Waals surface area contributed by atoms with Gasteiger partial charge in [-0.1, -0.05) is 12.8 Å². The lowest BCUT2D eigenvalue weighted by Crippen LogP contribution is -2.60. The predicted octanol–water partition coefficient (Wildman–Crippen LogP) is 1.48. The number of carbonyl (C=O) groups is 1. The monoisotopic (exact) mass is 344 g/mol. The number of ether oxygens (including phenoxy) is 1. The minimum absolute atomic E-state index is 0.0983. The van der Waals surface area contributed by atoms with E-state index in [2.05, 4.69) is 35.4 Å². The van der Waals surface area contributed by atoms with Crippen LogP contribution >= 0.6 is 12.8 Å². The highest BCUT2D eigenvalue weighted by atomic mass is 32.1. The summed E-state index contributed by atoms with van der Waals surface area (Å²) in [6, 6.07) is 0.542. The number of hydrogen-bond acceptors (Lipinski definition) is 6. The summed E-state index contributed by atoms with van der Waals surface area (Å²) in [5, 5.41) is 6.82. The highest BCUT2D eigenvalue weighted by Gasteiger charge is 2.36. The lowest BCUT2D eigenvalue weighted by Gasteiger charge is -2.42. The topological polar surface area (TPSA) is 56.8 Å². The van der Waals surface area contributed by atoms with Crippen LogP contribution in [0.3, 0.4) is 0 Å². The molecule has 0 aromatic heterocycles. The Hall–Kier alpha value is -0.500. The van der Waals surface area contributed by atoms with E-state index in [4.69, 9.17) is 4.74 Å². The molecule has 6 nitrogen and oxygen atoms in total. The molecular weight excluding hydrogens is 312 g/mol. The van der Waals surface area contributed by atoms with Crippen LogP contribution in [0.15, 0.2) is 0 Å². The summed E-state index contributed by atoms with van der Waals surface area (Å²) in [4.78, 5) is 14.5. The van der Waals surface area contributed by atoms with Crippen LogP contribution in [0.5, 0.6) is 0 Å². The van der Waals surface area contributed by atoms with Gasteiger partial charge >= 0.3 is 6.09 Å². The van der Waals surface area contributed by atoms with Crippen LogP contribution in [0.4, 0.5) is 4.79 Å². The normalized spacial score (nSPS) is 23.9. The Kier molecular flexibility index (Phi) is 7.00. The van der Waals surface area contributed by atoms with Crippen molar-refractivity contribution < 1.29 is 9.53 Å². The number of carbonyl (C=O) groups excluding carboxylic acids is 1. The maximum absolute atomic E-state index is 12.1. The summed E-state index contributed by atoms with van der Waals surface area (Å²) in [5.41, 5.74) is -0.228. The first-order valence-electron chi connectivity index (χ1n) is 8.73. The van der Waals surface area contributed by atoms with Gasteiger partial charge in [0.2, 0.25) is 0 Å². The zero-order chi connectivity index (χ0) is 16.9. The molecule has 0 atom stereocenters. The van der Waals surface area contributed by atoms with E-state index in [0.29, 0.717) is 6.04 Å². The summed E-state index contributed by atoms with van der Waals surface area (Å²) in [5.74, 6) is 0. The number of rotatable bonds is 5. The van der Waals surface area contributed by atoms with Gasteiger partial charge < -0.3 is 20.3 Å². The van der Waals surface area contributed by atoms with Gasteiger partial charge in [0.15, 0.2) is 0 Å². The number of amides is 1. The van der Waals surface area contributed by atoms with Gasteiger partial charge in [0, 0.05) is 25.7 Å². The molecule has 23 heavy (non-hydrogen) atoms. The van der Waals surface area contributed by atoms with Gasteiger partial charge in [0.05, 0.1) is 11.6 Å². The molecule has 0 radical (unpaired) electrons. The van der Waals surface area contributed by atoms with Gasteiger partial charge in [0.25, 0.3) is 0 Å². The highest BCUT2D eigenvalue weighted by Crippen LogP contribution is 2.24. The first kappa shape index (κ1) is 18.8. The van der Waals surface area contributed by atoms with E-state index in [-0.39, 0.29) is 17.7 Å². The van der Waals surface area contributed by atoms with Gasteiger partial charge in [-0.25, -0.2) is 4.79 Å². The third kappa shape index (κ3) is 6.14. The molecule has 0 aliphatic carbocycles. The molecule has 0 unspecified atom stereocenters. The number of thiol groups is 1. The minimum atomic E-state index is -0.308.